The quantitative estimate of drug-likeness (QED) is 0.724. The second-order valence-electron chi connectivity index (χ2n) is 7.84. The minimum absolute atomic E-state index is 0.0479. The van der Waals surface area contributed by atoms with Gasteiger partial charge in [-0.3, -0.25) is 4.79 Å². The molecule has 0 N–H and O–H groups in total. The van der Waals surface area contributed by atoms with E-state index in [9.17, 15) is 17.6 Å². The molecule has 162 valence electrons. The molecule has 30 heavy (non-hydrogen) atoms. The van der Waals surface area contributed by atoms with Crippen molar-refractivity contribution in [2.24, 2.45) is 13.0 Å². The van der Waals surface area contributed by atoms with Gasteiger partial charge in [0.2, 0.25) is 5.91 Å². The van der Waals surface area contributed by atoms with Crippen LogP contribution in [0.5, 0.6) is 0 Å². The summed E-state index contributed by atoms with van der Waals surface area (Å²) in [6.07, 6.45) is 3.99. The summed E-state index contributed by atoms with van der Waals surface area (Å²) in [7, 11) is -1.88. The Morgan fingerprint density at radius 1 is 1.03 bits per heavy atom. The number of hydrogen-bond donors (Lipinski definition) is 0. The van der Waals surface area contributed by atoms with E-state index >= 15 is 0 Å². The van der Waals surface area contributed by atoms with E-state index in [-0.39, 0.29) is 22.7 Å². The molecule has 2 aliphatic heterocycles. The van der Waals surface area contributed by atoms with Crippen molar-refractivity contribution in [1.82, 2.24) is 18.8 Å². The molecule has 0 bridgehead atoms. The summed E-state index contributed by atoms with van der Waals surface area (Å²) in [4.78, 5) is 20.9. The van der Waals surface area contributed by atoms with Crippen LogP contribution in [0.15, 0.2) is 41.8 Å². The predicted octanol–water partition coefficient (Wildman–Crippen LogP) is 1.31. The van der Waals surface area contributed by atoms with Crippen LogP contribution in [0, 0.1) is 11.7 Å². The maximum atomic E-state index is 13.1. The number of sulfonamides is 1. The summed E-state index contributed by atoms with van der Waals surface area (Å²) in [5.41, 5.74) is 0.955. The summed E-state index contributed by atoms with van der Waals surface area (Å²) in [6.45, 7) is 3.27. The van der Waals surface area contributed by atoms with Crippen LogP contribution < -0.4 is 4.90 Å². The molecule has 3 heterocycles. The van der Waals surface area contributed by atoms with Gasteiger partial charge in [0.15, 0.2) is 5.03 Å². The molecule has 4 rings (SSSR count). The number of hydrogen-bond acceptors (Lipinski definition) is 5. The third kappa shape index (κ3) is 4.20. The topological polar surface area (TPSA) is 78.8 Å². The number of anilines is 1. The van der Waals surface area contributed by atoms with Gasteiger partial charge in [-0.2, -0.15) is 4.31 Å². The largest absolute Gasteiger partial charge is 0.368 e. The van der Waals surface area contributed by atoms with Gasteiger partial charge in [-0.1, -0.05) is 0 Å². The Balaban J connectivity index is 1.30. The second-order valence-corrected chi connectivity index (χ2v) is 9.73. The van der Waals surface area contributed by atoms with Gasteiger partial charge < -0.3 is 14.4 Å². The lowest BCUT2D eigenvalue weighted by Gasteiger charge is -2.39. The number of carbonyl (C=O) groups excluding carboxylic acids is 1. The molecule has 0 radical (unpaired) electrons. The highest BCUT2D eigenvalue weighted by molar-refractivity contribution is 7.89. The summed E-state index contributed by atoms with van der Waals surface area (Å²) in [5.74, 6) is -0.315. The molecule has 0 atom stereocenters. The minimum atomic E-state index is -3.61. The van der Waals surface area contributed by atoms with Gasteiger partial charge in [-0.15, -0.1) is 0 Å². The SMILES string of the molecule is Cn1cnc(S(=O)(=O)N2CCC(C(=O)N3CCN(c4ccc(F)cc4)CC3)CC2)c1. The van der Waals surface area contributed by atoms with Crippen LogP contribution in [-0.4, -0.2) is 72.3 Å². The van der Waals surface area contributed by atoms with E-state index in [2.05, 4.69) is 9.88 Å². The van der Waals surface area contributed by atoms with Crippen molar-refractivity contribution in [1.29, 1.82) is 0 Å². The molecule has 1 aromatic carbocycles. The molecule has 2 aliphatic rings. The van der Waals surface area contributed by atoms with Crippen molar-refractivity contribution < 1.29 is 17.6 Å². The summed E-state index contributed by atoms with van der Waals surface area (Å²) < 4.78 is 41.5. The number of amides is 1. The van der Waals surface area contributed by atoms with Gasteiger partial charge in [0.05, 0.1) is 6.33 Å². The first-order chi connectivity index (χ1) is 14.3. The highest BCUT2D eigenvalue weighted by Crippen LogP contribution is 2.25. The van der Waals surface area contributed by atoms with Crippen molar-refractivity contribution in [3.05, 3.63) is 42.6 Å². The number of carbonyl (C=O) groups is 1. The van der Waals surface area contributed by atoms with Crippen molar-refractivity contribution in [2.45, 2.75) is 17.9 Å². The number of aryl methyl sites for hydroxylation is 1. The summed E-state index contributed by atoms with van der Waals surface area (Å²) >= 11 is 0. The van der Waals surface area contributed by atoms with Crippen LogP contribution in [-0.2, 0) is 21.9 Å². The normalized spacial score (nSPS) is 19.3. The lowest BCUT2D eigenvalue weighted by Crippen LogP contribution is -2.52. The van der Waals surface area contributed by atoms with Crippen LogP contribution in [0.25, 0.3) is 0 Å². The fraction of sp³-hybridized carbons (Fsp3) is 0.500. The van der Waals surface area contributed by atoms with Crippen LogP contribution in [0.3, 0.4) is 0 Å². The van der Waals surface area contributed by atoms with E-state index in [1.54, 1.807) is 23.7 Å². The van der Waals surface area contributed by atoms with Crippen molar-refractivity contribution in [3.63, 3.8) is 0 Å². The Labute approximate surface area is 175 Å². The van der Waals surface area contributed by atoms with E-state index in [1.807, 2.05) is 4.90 Å². The van der Waals surface area contributed by atoms with Crippen LogP contribution in [0.4, 0.5) is 10.1 Å². The number of nitrogens with zero attached hydrogens (tertiary/aromatic N) is 5. The number of benzene rings is 1. The Bertz CT molecular complexity index is 992. The molecule has 10 heteroatoms. The number of aromatic nitrogens is 2. The van der Waals surface area contributed by atoms with E-state index < -0.39 is 10.0 Å². The Kier molecular flexibility index (Phi) is 5.79. The molecule has 2 aromatic rings. The molecule has 1 amide bonds. The monoisotopic (exact) mass is 435 g/mol. The number of piperazine rings is 1. The summed E-state index contributed by atoms with van der Waals surface area (Å²) in [6, 6.07) is 6.40. The summed E-state index contributed by atoms with van der Waals surface area (Å²) in [5, 5.41) is 0.0479. The lowest BCUT2D eigenvalue weighted by molar-refractivity contribution is -0.137. The Morgan fingerprint density at radius 2 is 1.67 bits per heavy atom. The molecular weight excluding hydrogens is 409 g/mol. The molecule has 0 spiro atoms. The smallest absolute Gasteiger partial charge is 0.262 e. The van der Waals surface area contributed by atoms with Gasteiger partial charge in [-0.25, -0.2) is 17.8 Å². The molecule has 2 saturated heterocycles. The average Bonchev–Trinajstić information content (AvgIpc) is 3.21. The van der Waals surface area contributed by atoms with Gasteiger partial charge in [0, 0.05) is 64.1 Å². The number of piperidine rings is 1. The fourth-order valence-electron chi connectivity index (χ4n) is 4.09. The Hall–Kier alpha value is -2.46. The first-order valence-corrected chi connectivity index (χ1v) is 11.6. The molecule has 0 aliphatic carbocycles. The number of rotatable bonds is 4. The highest BCUT2D eigenvalue weighted by atomic mass is 32.2. The van der Waals surface area contributed by atoms with Crippen LogP contribution in [0.2, 0.25) is 0 Å². The van der Waals surface area contributed by atoms with Crippen molar-refractivity contribution in [2.75, 3.05) is 44.2 Å². The first kappa shape index (κ1) is 20.8. The zero-order chi connectivity index (χ0) is 21.3. The molecule has 2 fully saturated rings. The van der Waals surface area contributed by atoms with Gasteiger partial charge in [0.1, 0.15) is 5.82 Å². The zero-order valence-electron chi connectivity index (χ0n) is 16.9. The highest BCUT2D eigenvalue weighted by Gasteiger charge is 2.35. The fourth-order valence-corrected chi connectivity index (χ4v) is 5.53. The molecule has 1 aromatic heterocycles. The maximum Gasteiger partial charge on any atom is 0.262 e. The third-order valence-electron chi connectivity index (χ3n) is 5.87. The molecular formula is C20H26FN5O3S. The van der Waals surface area contributed by atoms with E-state index in [4.69, 9.17) is 0 Å². The van der Waals surface area contributed by atoms with E-state index in [0.717, 1.165) is 5.69 Å². The van der Waals surface area contributed by atoms with Crippen molar-refractivity contribution in [3.8, 4) is 0 Å². The zero-order valence-corrected chi connectivity index (χ0v) is 17.8. The standard InChI is InChI=1S/C20H26FN5O3S/c1-23-14-19(22-15-23)30(28,29)26-8-6-16(7-9-26)20(27)25-12-10-24(11-13-25)18-4-2-17(21)3-5-18/h2-5,14-16H,6-13H2,1H3. The molecule has 0 unspecified atom stereocenters. The number of imidazole rings is 1. The van der Waals surface area contributed by atoms with E-state index in [1.165, 1.54) is 29.0 Å². The minimum Gasteiger partial charge on any atom is -0.368 e. The van der Waals surface area contributed by atoms with Gasteiger partial charge >= 0.3 is 0 Å². The first-order valence-electron chi connectivity index (χ1n) is 10.1. The van der Waals surface area contributed by atoms with Crippen molar-refractivity contribution >= 4 is 21.6 Å². The lowest BCUT2D eigenvalue weighted by atomic mass is 9.96. The average molecular weight is 436 g/mol. The van der Waals surface area contributed by atoms with Gasteiger partial charge in [0.25, 0.3) is 10.0 Å². The van der Waals surface area contributed by atoms with Gasteiger partial charge in [-0.05, 0) is 37.1 Å². The maximum absolute atomic E-state index is 13.1. The second kappa shape index (κ2) is 8.35. The predicted molar refractivity (Wildman–Crippen MR) is 110 cm³/mol. The van der Waals surface area contributed by atoms with E-state index in [0.29, 0.717) is 52.1 Å². The molecule has 8 nitrogen and oxygen atoms in total. The third-order valence-corrected chi connectivity index (χ3v) is 7.66. The molecule has 0 saturated carbocycles. The number of halogens is 1. The van der Waals surface area contributed by atoms with Crippen LogP contribution >= 0.6 is 0 Å². The van der Waals surface area contributed by atoms with Crippen LogP contribution in [0.1, 0.15) is 12.8 Å². The Morgan fingerprint density at radius 3 is 2.23 bits per heavy atom.